The Morgan fingerprint density at radius 1 is 1.15 bits per heavy atom. The molecule has 0 aromatic heterocycles. The van der Waals surface area contributed by atoms with Gasteiger partial charge in [-0.1, -0.05) is 12.1 Å². The number of anilines is 1. The lowest BCUT2D eigenvalue weighted by molar-refractivity contribution is 0.0937. The highest BCUT2D eigenvalue weighted by molar-refractivity contribution is 5.97. The molecule has 2 N–H and O–H groups in total. The Morgan fingerprint density at radius 2 is 1.96 bits per heavy atom. The molecule has 1 saturated carbocycles. The molecular formula is C21H22FN3O2. The Bertz CT molecular complexity index is 853. The lowest BCUT2D eigenvalue weighted by Crippen LogP contribution is -2.33. The number of nitrogens with zero attached hydrogens (tertiary/aromatic N) is 1. The lowest BCUT2D eigenvalue weighted by Gasteiger charge is -2.16. The van der Waals surface area contributed by atoms with Crippen molar-refractivity contribution in [1.82, 2.24) is 10.6 Å². The fourth-order valence-electron chi connectivity index (χ4n) is 3.96. The summed E-state index contributed by atoms with van der Waals surface area (Å²) >= 11 is 0. The van der Waals surface area contributed by atoms with Crippen LogP contribution in [0.4, 0.5) is 14.9 Å². The van der Waals surface area contributed by atoms with Crippen LogP contribution in [0.2, 0.25) is 0 Å². The Morgan fingerprint density at radius 3 is 2.67 bits per heavy atom. The molecule has 0 spiro atoms. The van der Waals surface area contributed by atoms with E-state index in [1.807, 2.05) is 6.07 Å². The van der Waals surface area contributed by atoms with Crippen LogP contribution in [0, 0.1) is 5.82 Å². The van der Waals surface area contributed by atoms with E-state index >= 15 is 0 Å². The molecule has 0 bridgehead atoms. The third-order valence-corrected chi connectivity index (χ3v) is 5.39. The van der Waals surface area contributed by atoms with Gasteiger partial charge in [-0.25, -0.2) is 9.18 Å². The Balaban J connectivity index is 1.36. The topological polar surface area (TPSA) is 61.4 Å². The molecule has 2 aromatic carbocycles. The van der Waals surface area contributed by atoms with E-state index in [0.29, 0.717) is 18.7 Å². The molecule has 140 valence electrons. The van der Waals surface area contributed by atoms with Crippen LogP contribution in [0.15, 0.2) is 48.5 Å². The molecule has 2 atom stereocenters. The Hall–Kier alpha value is -2.89. The maximum absolute atomic E-state index is 13.4. The highest BCUT2D eigenvalue weighted by Gasteiger charge is 2.27. The third kappa shape index (κ3) is 3.79. The van der Waals surface area contributed by atoms with Crippen molar-refractivity contribution in [3.05, 3.63) is 65.5 Å². The van der Waals surface area contributed by atoms with Crippen LogP contribution in [0.5, 0.6) is 0 Å². The first kappa shape index (κ1) is 17.5. The van der Waals surface area contributed by atoms with Crippen molar-refractivity contribution in [2.45, 2.75) is 31.2 Å². The van der Waals surface area contributed by atoms with E-state index in [4.69, 9.17) is 0 Å². The van der Waals surface area contributed by atoms with Crippen molar-refractivity contribution in [1.29, 1.82) is 0 Å². The monoisotopic (exact) mass is 367 g/mol. The molecular weight excluding hydrogens is 345 g/mol. The Kier molecular flexibility index (Phi) is 4.79. The molecule has 1 aliphatic heterocycles. The van der Waals surface area contributed by atoms with Gasteiger partial charge in [0.1, 0.15) is 5.82 Å². The van der Waals surface area contributed by atoms with E-state index in [-0.39, 0.29) is 29.7 Å². The highest BCUT2D eigenvalue weighted by Crippen LogP contribution is 2.34. The fourth-order valence-corrected chi connectivity index (χ4v) is 3.96. The van der Waals surface area contributed by atoms with Crippen LogP contribution in [-0.2, 0) is 0 Å². The van der Waals surface area contributed by atoms with Crippen LogP contribution in [0.25, 0.3) is 0 Å². The number of carbonyl (C=O) groups is 2. The third-order valence-electron chi connectivity index (χ3n) is 5.39. The summed E-state index contributed by atoms with van der Waals surface area (Å²) in [5.74, 6) is -0.0499. The summed E-state index contributed by atoms with van der Waals surface area (Å²) in [4.78, 5) is 25.9. The average molecular weight is 367 g/mol. The minimum absolute atomic E-state index is 0.0924. The van der Waals surface area contributed by atoms with Crippen LogP contribution >= 0.6 is 0 Å². The van der Waals surface area contributed by atoms with E-state index in [1.165, 1.54) is 6.07 Å². The second-order valence-electron chi connectivity index (χ2n) is 7.17. The molecule has 27 heavy (non-hydrogen) atoms. The summed E-state index contributed by atoms with van der Waals surface area (Å²) in [7, 11) is 0. The van der Waals surface area contributed by atoms with Crippen molar-refractivity contribution < 1.29 is 14.0 Å². The van der Waals surface area contributed by atoms with E-state index in [2.05, 4.69) is 10.6 Å². The molecule has 2 unspecified atom stereocenters. The van der Waals surface area contributed by atoms with Gasteiger partial charge in [0, 0.05) is 30.4 Å². The predicted molar refractivity (Wildman–Crippen MR) is 101 cm³/mol. The molecule has 1 aliphatic carbocycles. The number of nitrogens with one attached hydrogen (secondary N) is 2. The van der Waals surface area contributed by atoms with Gasteiger partial charge in [0.15, 0.2) is 0 Å². The molecule has 1 saturated heterocycles. The summed E-state index contributed by atoms with van der Waals surface area (Å²) in [5, 5.41) is 5.84. The van der Waals surface area contributed by atoms with E-state index in [0.717, 1.165) is 30.5 Å². The maximum atomic E-state index is 13.4. The summed E-state index contributed by atoms with van der Waals surface area (Å²) in [6.07, 6.45) is 2.65. The molecule has 3 amide bonds. The zero-order chi connectivity index (χ0) is 18.8. The van der Waals surface area contributed by atoms with E-state index in [1.54, 1.807) is 41.3 Å². The van der Waals surface area contributed by atoms with Gasteiger partial charge in [-0.2, -0.15) is 0 Å². The van der Waals surface area contributed by atoms with Crippen molar-refractivity contribution >= 4 is 17.6 Å². The first-order valence-corrected chi connectivity index (χ1v) is 9.32. The van der Waals surface area contributed by atoms with Gasteiger partial charge in [0.25, 0.3) is 5.91 Å². The van der Waals surface area contributed by atoms with E-state index in [9.17, 15) is 14.0 Å². The molecule has 6 heteroatoms. The summed E-state index contributed by atoms with van der Waals surface area (Å²) in [5.41, 5.74) is 2.36. The molecule has 0 radical (unpaired) electrons. The molecule has 5 nitrogen and oxygen atoms in total. The predicted octanol–water partition coefficient (Wildman–Crippen LogP) is 3.42. The molecule has 2 aromatic rings. The standard InChI is InChI=1S/C21H22FN3O2/c22-17-3-1-2-15(12-17)16-4-7-18(13-16)24-20(26)14-5-8-19(9-6-14)25-11-10-23-21(25)27/h1-3,5-6,8-9,12,16,18H,4,7,10-11,13H2,(H,23,27)(H,24,26). The van der Waals surface area contributed by atoms with Crippen LogP contribution in [-0.4, -0.2) is 31.1 Å². The molecule has 1 heterocycles. The average Bonchev–Trinajstić information content (AvgIpc) is 3.31. The van der Waals surface area contributed by atoms with Gasteiger partial charge >= 0.3 is 6.03 Å². The minimum atomic E-state index is -0.216. The number of benzene rings is 2. The zero-order valence-corrected chi connectivity index (χ0v) is 15.0. The molecule has 2 aliphatic rings. The van der Waals surface area contributed by atoms with Gasteiger partial charge in [-0.3, -0.25) is 9.69 Å². The number of halogens is 1. The number of amides is 3. The van der Waals surface area contributed by atoms with Crippen molar-refractivity contribution in [2.24, 2.45) is 0 Å². The van der Waals surface area contributed by atoms with Crippen LogP contribution in [0.3, 0.4) is 0 Å². The van der Waals surface area contributed by atoms with E-state index < -0.39 is 0 Å². The number of urea groups is 1. The zero-order valence-electron chi connectivity index (χ0n) is 15.0. The summed E-state index contributed by atoms with van der Waals surface area (Å²) < 4.78 is 13.4. The lowest BCUT2D eigenvalue weighted by atomic mass is 9.97. The molecule has 4 rings (SSSR count). The second kappa shape index (κ2) is 7.39. The number of hydrogen-bond donors (Lipinski definition) is 2. The normalized spacial score (nSPS) is 22.0. The summed E-state index contributed by atoms with van der Waals surface area (Å²) in [6.45, 7) is 1.27. The summed E-state index contributed by atoms with van der Waals surface area (Å²) in [6, 6.07) is 13.8. The highest BCUT2D eigenvalue weighted by atomic mass is 19.1. The maximum Gasteiger partial charge on any atom is 0.321 e. The SMILES string of the molecule is O=C(NC1CCC(c2cccc(F)c2)C1)c1ccc(N2CCNC2=O)cc1. The Labute approximate surface area is 157 Å². The van der Waals surface area contributed by atoms with Gasteiger partial charge in [-0.05, 0) is 67.1 Å². The number of rotatable bonds is 4. The second-order valence-corrected chi connectivity index (χ2v) is 7.17. The quantitative estimate of drug-likeness (QED) is 0.870. The van der Waals surface area contributed by atoms with Crippen LogP contribution < -0.4 is 15.5 Å². The van der Waals surface area contributed by atoms with Gasteiger partial charge < -0.3 is 10.6 Å². The number of carbonyl (C=O) groups excluding carboxylic acids is 2. The van der Waals surface area contributed by atoms with Crippen molar-refractivity contribution in [2.75, 3.05) is 18.0 Å². The number of hydrogen-bond acceptors (Lipinski definition) is 2. The first-order chi connectivity index (χ1) is 13.1. The fraction of sp³-hybridized carbons (Fsp3) is 0.333. The van der Waals surface area contributed by atoms with Gasteiger partial charge in [0.05, 0.1) is 0 Å². The van der Waals surface area contributed by atoms with Gasteiger partial charge in [0.2, 0.25) is 0 Å². The minimum Gasteiger partial charge on any atom is -0.349 e. The van der Waals surface area contributed by atoms with Crippen molar-refractivity contribution in [3.63, 3.8) is 0 Å². The molecule has 2 fully saturated rings. The smallest absolute Gasteiger partial charge is 0.321 e. The van der Waals surface area contributed by atoms with Crippen LogP contribution in [0.1, 0.15) is 41.1 Å². The first-order valence-electron chi connectivity index (χ1n) is 9.32. The van der Waals surface area contributed by atoms with Crippen molar-refractivity contribution in [3.8, 4) is 0 Å². The van der Waals surface area contributed by atoms with Gasteiger partial charge in [-0.15, -0.1) is 0 Å². The largest absolute Gasteiger partial charge is 0.349 e.